The second-order valence-corrected chi connectivity index (χ2v) is 6.53. The van der Waals surface area contributed by atoms with E-state index in [2.05, 4.69) is 42.7 Å². The maximum Gasteiger partial charge on any atom is 0.255 e. The van der Waals surface area contributed by atoms with Gasteiger partial charge in [0.25, 0.3) is 5.56 Å². The van der Waals surface area contributed by atoms with Gasteiger partial charge in [-0.3, -0.25) is 14.7 Å². The summed E-state index contributed by atoms with van der Waals surface area (Å²) < 4.78 is 0.976. The van der Waals surface area contributed by atoms with Crippen molar-refractivity contribution in [1.82, 2.24) is 19.9 Å². The molecular formula is C16H19BrN4O. The van der Waals surface area contributed by atoms with Crippen molar-refractivity contribution in [2.24, 2.45) is 0 Å². The van der Waals surface area contributed by atoms with Gasteiger partial charge in [0.15, 0.2) is 0 Å². The number of aromatic amines is 1. The lowest BCUT2D eigenvalue weighted by molar-refractivity contribution is 0.238. The highest BCUT2D eigenvalue weighted by Crippen LogP contribution is 2.17. The lowest BCUT2D eigenvalue weighted by Gasteiger charge is -2.27. The van der Waals surface area contributed by atoms with Crippen LogP contribution in [0.5, 0.6) is 0 Å². The highest BCUT2D eigenvalue weighted by Gasteiger charge is 2.21. The number of fused-ring (bicyclic) bond motifs is 1. The van der Waals surface area contributed by atoms with E-state index in [4.69, 9.17) is 0 Å². The molecule has 1 N–H and O–H groups in total. The fourth-order valence-electron chi connectivity index (χ4n) is 2.75. The Balaban J connectivity index is 1.76. The molecule has 0 atom stereocenters. The minimum Gasteiger partial charge on any atom is -0.310 e. The Hall–Kier alpha value is -1.53. The molecule has 0 saturated heterocycles. The number of pyridine rings is 1. The number of rotatable bonds is 4. The molecule has 1 aliphatic heterocycles. The van der Waals surface area contributed by atoms with Crippen LogP contribution in [0.1, 0.15) is 36.1 Å². The quantitative estimate of drug-likeness (QED) is 0.907. The van der Waals surface area contributed by atoms with Crippen LogP contribution in [0.4, 0.5) is 0 Å². The summed E-state index contributed by atoms with van der Waals surface area (Å²) in [6, 6.07) is 4.00. The summed E-state index contributed by atoms with van der Waals surface area (Å²) in [6.07, 6.45) is 4.45. The van der Waals surface area contributed by atoms with Gasteiger partial charge in [0.05, 0.1) is 17.0 Å². The first-order chi connectivity index (χ1) is 10.7. The zero-order chi connectivity index (χ0) is 15.5. The molecule has 6 heteroatoms. The largest absolute Gasteiger partial charge is 0.310 e. The first-order valence-corrected chi connectivity index (χ1v) is 8.38. The van der Waals surface area contributed by atoms with E-state index in [0.29, 0.717) is 6.54 Å². The van der Waals surface area contributed by atoms with Crippen molar-refractivity contribution in [2.45, 2.75) is 39.3 Å². The molecule has 2 aromatic heterocycles. The molecule has 0 fully saturated rings. The molecule has 0 radical (unpaired) electrons. The highest BCUT2D eigenvalue weighted by molar-refractivity contribution is 9.10. The summed E-state index contributed by atoms with van der Waals surface area (Å²) in [6.45, 7) is 4.39. The summed E-state index contributed by atoms with van der Waals surface area (Å²) in [5.74, 6) is 0.814. The minimum atomic E-state index is 0.0157. The zero-order valence-corrected chi connectivity index (χ0v) is 14.2. The Bertz CT molecular complexity index is 711. The number of halogens is 1. The highest BCUT2D eigenvalue weighted by atomic mass is 79.9. The Kier molecular flexibility index (Phi) is 4.69. The Morgan fingerprint density at radius 1 is 1.41 bits per heavy atom. The monoisotopic (exact) mass is 362 g/mol. The average Bonchev–Trinajstić information content (AvgIpc) is 2.51. The second-order valence-electron chi connectivity index (χ2n) is 5.62. The summed E-state index contributed by atoms with van der Waals surface area (Å²) in [7, 11) is 0. The van der Waals surface area contributed by atoms with Crippen LogP contribution in [-0.4, -0.2) is 26.4 Å². The SMILES string of the molecule is CCCc1nc2c(c(=O)[nH]1)CN(Cc1ccc(Br)cn1)CC2. The van der Waals surface area contributed by atoms with E-state index in [9.17, 15) is 4.79 Å². The van der Waals surface area contributed by atoms with Crippen molar-refractivity contribution < 1.29 is 0 Å². The third kappa shape index (κ3) is 3.44. The number of nitrogens with zero attached hydrogens (tertiary/aromatic N) is 3. The number of hydrogen-bond donors (Lipinski definition) is 1. The third-order valence-corrected chi connectivity index (χ3v) is 4.33. The number of hydrogen-bond acceptors (Lipinski definition) is 4. The predicted molar refractivity (Wildman–Crippen MR) is 88.6 cm³/mol. The van der Waals surface area contributed by atoms with E-state index in [1.165, 1.54) is 0 Å². The van der Waals surface area contributed by atoms with Gasteiger partial charge in [-0.1, -0.05) is 6.92 Å². The van der Waals surface area contributed by atoms with E-state index in [-0.39, 0.29) is 5.56 Å². The van der Waals surface area contributed by atoms with Crippen LogP contribution in [0.15, 0.2) is 27.6 Å². The van der Waals surface area contributed by atoms with Crippen molar-refractivity contribution in [2.75, 3.05) is 6.54 Å². The van der Waals surface area contributed by atoms with Crippen molar-refractivity contribution in [1.29, 1.82) is 0 Å². The normalized spacial score (nSPS) is 14.8. The first kappa shape index (κ1) is 15.4. The van der Waals surface area contributed by atoms with E-state index in [1.54, 1.807) is 6.20 Å². The van der Waals surface area contributed by atoms with Gasteiger partial charge in [-0.25, -0.2) is 4.98 Å². The van der Waals surface area contributed by atoms with Crippen molar-refractivity contribution in [3.8, 4) is 0 Å². The molecule has 0 bridgehead atoms. The molecule has 5 nitrogen and oxygen atoms in total. The van der Waals surface area contributed by atoms with Crippen LogP contribution in [-0.2, 0) is 25.9 Å². The van der Waals surface area contributed by atoms with Crippen molar-refractivity contribution in [3.05, 3.63) is 55.9 Å². The maximum atomic E-state index is 12.3. The smallest absolute Gasteiger partial charge is 0.255 e. The number of H-pyrrole nitrogens is 1. The molecule has 3 heterocycles. The average molecular weight is 363 g/mol. The van der Waals surface area contributed by atoms with Gasteiger partial charge in [-0.2, -0.15) is 0 Å². The van der Waals surface area contributed by atoms with Gasteiger partial charge in [-0.05, 0) is 34.5 Å². The molecular weight excluding hydrogens is 344 g/mol. The molecule has 0 aromatic carbocycles. The van der Waals surface area contributed by atoms with Crippen LogP contribution >= 0.6 is 15.9 Å². The molecule has 2 aromatic rings. The van der Waals surface area contributed by atoms with Gasteiger partial charge in [0, 0.05) is 43.1 Å². The van der Waals surface area contributed by atoms with Gasteiger partial charge in [-0.15, -0.1) is 0 Å². The molecule has 0 amide bonds. The van der Waals surface area contributed by atoms with Gasteiger partial charge in [0.1, 0.15) is 5.82 Å². The molecule has 0 saturated carbocycles. The van der Waals surface area contributed by atoms with Crippen LogP contribution in [0.2, 0.25) is 0 Å². The molecule has 3 rings (SSSR count). The van der Waals surface area contributed by atoms with Crippen molar-refractivity contribution >= 4 is 15.9 Å². The molecule has 0 unspecified atom stereocenters. The first-order valence-electron chi connectivity index (χ1n) is 7.59. The Labute approximate surface area is 137 Å². The van der Waals surface area contributed by atoms with E-state index in [1.807, 2.05) is 12.1 Å². The number of nitrogens with one attached hydrogen (secondary N) is 1. The predicted octanol–water partition coefficient (Wildman–Crippen LogP) is 2.44. The van der Waals surface area contributed by atoms with Gasteiger partial charge < -0.3 is 4.98 Å². The zero-order valence-electron chi connectivity index (χ0n) is 12.6. The number of aromatic nitrogens is 3. The number of aryl methyl sites for hydroxylation is 1. The summed E-state index contributed by atoms with van der Waals surface area (Å²) in [5, 5.41) is 0. The van der Waals surface area contributed by atoms with E-state index < -0.39 is 0 Å². The van der Waals surface area contributed by atoms with Crippen LogP contribution < -0.4 is 5.56 Å². The topological polar surface area (TPSA) is 61.9 Å². The van der Waals surface area contributed by atoms with Crippen LogP contribution in [0, 0.1) is 0 Å². The minimum absolute atomic E-state index is 0.0157. The van der Waals surface area contributed by atoms with E-state index in [0.717, 1.165) is 59.6 Å². The van der Waals surface area contributed by atoms with Crippen molar-refractivity contribution in [3.63, 3.8) is 0 Å². The third-order valence-electron chi connectivity index (χ3n) is 3.86. The van der Waals surface area contributed by atoms with Gasteiger partial charge in [0.2, 0.25) is 0 Å². The van der Waals surface area contributed by atoms with Crippen LogP contribution in [0.3, 0.4) is 0 Å². The summed E-state index contributed by atoms with van der Waals surface area (Å²) >= 11 is 3.39. The Morgan fingerprint density at radius 2 is 2.27 bits per heavy atom. The fraction of sp³-hybridized carbons (Fsp3) is 0.438. The summed E-state index contributed by atoms with van der Waals surface area (Å²) in [4.78, 5) is 26.4. The van der Waals surface area contributed by atoms with E-state index >= 15 is 0 Å². The molecule has 0 spiro atoms. The standard InChI is InChI=1S/C16H19BrN4O/c1-2-3-15-19-14-6-7-21(10-13(14)16(22)20-15)9-12-5-4-11(17)8-18-12/h4-5,8H,2-3,6-7,9-10H2,1H3,(H,19,20,22). The van der Waals surface area contributed by atoms with Crippen LogP contribution in [0.25, 0.3) is 0 Å². The molecule has 22 heavy (non-hydrogen) atoms. The fourth-order valence-corrected chi connectivity index (χ4v) is 2.99. The Morgan fingerprint density at radius 3 is 3.00 bits per heavy atom. The maximum absolute atomic E-state index is 12.3. The lowest BCUT2D eigenvalue weighted by Crippen LogP contribution is -2.36. The van der Waals surface area contributed by atoms with Gasteiger partial charge >= 0.3 is 0 Å². The molecule has 1 aliphatic rings. The molecule has 116 valence electrons. The summed E-state index contributed by atoms with van der Waals surface area (Å²) in [5.41, 5.74) is 2.80. The second kappa shape index (κ2) is 6.71. The molecule has 0 aliphatic carbocycles. The lowest BCUT2D eigenvalue weighted by atomic mass is 10.1.